The fourth-order valence-electron chi connectivity index (χ4n) is 1.96. The lowest BCUT2D eigenvalue weighted by Gasteiger charge is -2.09. The summed E-state index contributed by atoms with van der Waals surface area (Å²) in [6, 6.07) is 3.52. The SMILES string of the molecule is CNC(=O)c1cccnc1NCCc1sc(C)nc1C. The van der Waals surface area contributed by atoms with Crippen molar-refractivity contribution < 1.29 is 4.79 Å². The summed E-state index contributed by atoms with van der Waals surface area (Å²) in [6.07, 6.45) is 2.55. The first kappa shape index (κ1) is 14.5. The van der Waals surface area contributed by atoms with Gasteiger partial charge in [-0.1, -0.05) is 0 Å². The van der Waals surface area contributed by atoms with Gasteiger partial charge in [-0.2, -0.15) is 0 Å². The van der Waals surface area contributed by atoms with Gasteiger partial charge in [0.05, 0.1) is 16.3 Å². The van der Waals surface area contributed by atoms with E-state index in [-0.39, 0.29) is 5.91 Å². The largest absolute Gasteiger partial charge is 0.369 e. The molecule has 106 valence electrons. The van der Waals surface area contributed by atoms with Gasteiger partial charge in [0.2, 0.25) is 0 Å². The van der Waals surface area contributed by atoms with Gasteiger partial charge in [-0.3, -0.25) is 4.79 Å². The van der Waals surface area contributed by atoms with E-state index in [0.717, 1.165) is 23.7 Å². The molecule has 5 nitrogen and oxygen atoms in total. The van der Waals surface area contributed by atoms with Crippen LogP contribution in [0.5, 0.6) is 0 Å². The average Bonchev–Trinajstić information content (AvgIpc) is 2.77. The van der Waals surface area contributed by atoms with Gasteiger partial charge < -0.3 is 10.6 Å². The number of pyridine rings is 1. The first-order valence-corrected chi connectivity index (χ1v) is 7.27. The minimum absolute atomic E-state index is 0.134. The summed E-state index contributed by atoms with van der Waals surface area (Å²) < 4.78 is 0. The number of hydrogen-bond acceptors (Lipinski definition) is 5. The molecule has 2 heterocycles. The third-order valence-electron chi connectivity index (χ3n) is 2.92. The van der Waals surface area contributed by atoms with Crippen molar-refractivity contribution in [2.45, 2.75) is 20.3 Å². The van der Waals surface area contributed by atoms with E-state index in [2.05, 4.69) is 20.6 Å². The second-order valence-electron chi connectivity index (χ2n) is 4.40. The van der Waals surface area contributed by atoms with E-state index in [0.29, 0.717) is 11.4 Å². The van der Waals surface area contributed by atoms with Gasteiger partial charge in [-0.25, -0.2) is 9.97 Å². The van der Waals surface area contributed by atoms with Crippen LogP contribution in [0.3, 0.4) is 0 Å². The van der Waals surface area contributed by atoms with Crippen LogP contribution < -0.4 is 10.6 Å². The number of nitrogens with zero attached hydrogens (tertiary/aromatic N) is 2. The zero-order valence-electron chi connectivity index (χ0n) is 11.9. The normalized spacial score (nSPS) is 10.3. The third kappa shape index (κ3) is 3.33. The first-order chi connectivity index (χ1) is 9.61. The molecule has 0 radical (unpaired) electrons. The van der Waals surface area contributed by atoms with Crippen molar-refractivity contribution in [3.8, 4) is 0 Å². The van der Waals surface area contributed by atoms with Crippen LogP contribution >= 0.6 is 11.3 Å². The topological polar surface area (TPSA) is 66.9 Å². The van der Waals surface area contributed by atoms with Crippen LogP contribution in [-0.2, 0) is 6.42 Å². The molecule has 0 unspecified atom stereocenters. The molecule has 6 heteroatoms. The minimum Gasteiger partial charge on any atom is -0.369 e. The van der Waals surface area contributed by atoms with Gasteiger partial charge in [0.1, 0.15) is 5.82 Å². The second kappa shape index (κ2) is 6.47. The molecule has 0 fully saturated rings. The average molecular weight is 290 g/mol. The predicted octanol–water partition coefficient (Wildman–Crippen LogP) is 2.17. The lowest BCUT2D eigenvalue weighted by atomic mass is 10.2. The molecular formula is C14H18N4OS. The fourth-order valence-corrected chi connectivity index (χ4v) is 2.90. The molecule has 2 aromatic rings. The summed E-state index contributed by atoms with van der Waals surface area (Å²) in [7, 11) is 1.61. The van der Waals surface area contributed by atoms with Crippen LogP contribution in [0.2, 0.25) is 0 Å². The molecule has 0 bridgehead atoms. The number of amides is 1. The molecule has 2 N–H and O–H groups in total. The lowest BCUT2D eigenvalue weighted by molar-refractivity contribution is 0.0963. The van der Waals surface area contributed by atoms with Crippen molar-refractivity contribution in [3.05, 3.63) is 39.5 Å². The Kier molecular flexibility index (Phi) is 4.68. The van der Waals surface area contributed by atoms with E-state index in [1.165, 1.54) is 4.88 Å². The molecule has 0 aliphatic heterocycles. The fraction of sp³-hybridized carbons (Fsp3) is 0.357. The molecule has 2 rings (SSSR count). The Morgan fingerprint density at radius 3 is 2.85 bits per heavy atom. The molecule has 2 aromatic heterocycles. The Hall–Kier alpha value is -1.95. The van der Waals surface area contributed by atoms with Crippen molar-refractivity contribution in [3.63, 3.8) is 0 Å². The van der Waals surface area contributed by atoms with Crippen molar-refractivity contribution >= 4 is 23.1 Å². The van der Waals surface area contributed by atoms with Crippen LogP contribution in [-0.4, -0.2) is 29.5 Å². The molecule has 1 amide bonds. The Bertz CT molecular complexity index is 609. The predicted molar refractivity (Wildman–Crippen MR) is 81.4 cm³/mol. The molecular weight excluding hydrogens is 272 g/mol. The number of thiazole rings is 1. The summed E-state index contributed by atoms with van der Waals surface area (Å²) in [6.45, 7) is 4.76. The van der Waals surface area contributed by atoms with E-state index in [4.69, 9.17) is 0 Å². The number of aryl methyl sites for hydroxylation is 2. The Labute approximate surface area is 122 Å². The van der Waals surface area contributed by atoms with E-state index in [1.54, 1.807) is 36.7 Å². The van der Waals surface area contributed by atoms with Crippen LogP contribution in [0, 0.1) is 13.8 Å². The van der Waals surface area contributed by atoms with E-state index < -0.39 is 0 Å². The first-order valence-electron chi connectivity index (χ1n) is 6.45. The third-order valence-corrected chi connectivity index (χ3v) is 4.06. The number of carbonyl (C=O) groups is 1. The lowest BCUT2D eigenvalue weighted by Crippen LogP contribution is -2.20. The quantitative estimate of drug-likeness (QED) is 0.885. The van der Waals surface area contributed by atoms with Gasteiger partial charge in [0, 0.05) is 31.1 Å². The van der Waals surface area contributed by atoms with Crippen molar-refractivity contribution in [2.24, 2.45) is 0 Å². The van der Waals surface area contributed by atoms with Crippen molar-refractivity contribution in [1.29, 1.82) is 0 Å². The van der Waals surface area contributed by atoms with Gasteiger partial charge in [-0.05, 0) is 26.0 Å². The number of carbonyl (C=O) groups excluding carboxylic acids is 1. The van der Waals surface area contributed by atoms with Gasteiger partial charge in [-0.15, -0.1) is 11.3 Å². The zero-order chi connectivity index (χ0) is 14.5. The highest BCUT2D eigenvalue weighted by atomic mass is 32.1. The Morgan fingerprint density at radius 2 is 2.20 bits per heavy atom. The van der Waals surface area contributed by atoms with E-state index >= 15 is 0 Å². The maximum absolute atomic E-state index is 11.7. The number of aromatic nitrogens is 2. The van der Waals surface area contributed by atoms with Crippen LogP contribution in [0.25, 0.3) is 0 Å². The smallest absolute Gasteiger partial charge is 0.254 e. The highest BCUT2D eigenvalue weighted by Crippen LogP contribution is 2.18. The molecule has 0 aromatic carbocycles. The standard InChI is InChI=1S/C14H18N4OS/c1-9-12(20-10(2)18-9)6-8-17-13-11(14(19)15-3)5-4-7-16-13/h4-5,7H,6,8H2,1-3H3,(H,15,19)(H,16,17). The van der Waals surface area contributed by atoms with E-state index in [9.17, 15) is 4.79 Å². The summed E-state index contributed by atoms with van der Waals surface area (Å²) in [5.74, 6) is 0.483. The van der Waals surface area contributed by atoms with Gasteiger partial charge in [0.15, 0.2) is 0 Å². The number of rotatable bonds is 5. The van der Waals surface area contributed by atoms with Crippen LogP contribution in [0.1, 0.15) is 25.9 Å². The second-order valence-corrected chi connectivity index (χ2v) is 5.68. The maximum Gasteiger partial charge on any atom is 0.254 e. The molecule has 0 spiro atoms. The van der Waals surface area contributed by atoms with Crippen LogP contribution in [0.4, 0.5) is 5.82 Å². The van der Waals surface area contributed by atoms with Gasteiger partial charge in [0.25, 0.3) is 5.91 Å². The molecule has 20 heavy (non-hydrogen) atoms. The maximum atomic E-state index is 11.7. The van der Waals surface area contributed by atoms with Crippen molar-refractivity contribution in [2.75, 3.05) is 18.9 Å². The number of anilines is 1. The highest BCUT2D eigenvalue weighted by molar-refractivity contribution is 7.11. The van der Waals surface area contributed by atoms with E-state index in [1.807, 2.05) is 13.8 Å². The molecule has 0 aliphatic rings. The Morgan fingerprint density at radius 1 is 1.40 bits per heavy atom. The molecule has 0 atom stereocenters. The monoisotopic (exact) mass is 290 g/mol. The van der Waals surface area contributed by atoms with Gasteiger partial charge >= 0.3 is 0 Å². The highest BCUT2D eigenvalue weighted by Gasteiger charge is 2.10. The van der Waals surface area contributed by atoms with Crippen LogP contribution in [0.15, 0.2) is 18.3 Å². The minimum atomic E-state index is -0.134. The molecule has 0 saturated carbocycles. The Balaban J connectivity index is 2.01. The summed E-state index contributed by atoms with van der Waals surface area (Å²) in [4.78, 5) is 21.6. The molecule has 0 saturated heterocycles. The summed E-state index contributed by atoms with van der Waals surface area (Å²) in [5.41, 5.74) is 1.65. The summed E-state index contributed by atoms with van der Waals surface area (Å²) in [5, 5.41) is 6.92. The number of hydrogen-bond donors (Lipinski definition) is 2. The van der Waals surface area contributed by atoms with Crippen molar-refractivity contribution in [1.82, 2.24) is 15.3 Å². The zero-order valence-corrected chi connectivity index (χ0v) is 12.7. The number of nitrogens with one attached hydrogen (secondary N) is 2. The summed E-state index contributed by atoms with van der Waals surface area (Å²) >= 11 is 1.71. The molecule has 0 aliphatic carbocycles.